The molecule has 0 aliphatic carbocycles. The number of fused-ring (bicyclic) bond motifs is 1. The Morgan fingerprint density at radius 1 is 1.08 bits per heavy atom. The van der Waals surface area contributed by atoms with Crippen molar-refractivity contribution in [3.8, 4) is 11.4 Å². The van der Waals surface area contributed by atoms with Gasteiger partial charge in [-0.3, -0.25) is 0 Å². The average molecular weight is 348 g/mol. The first-order valence-corrected chi connectivity index (χ1v) is 9.27. The van der Waals surface area contributed by atoms with Crippen molar-refractivity contribution in [2.75, 3.05) is 0 Å². The number of rotatable bonds is 4. The van der Waals surface area contributed by atoms with E-state index in [1.807, 2.05) is 25.4 Å². The van der Waals surface area contributed by atoms with Gasteiger partial charge in [0.25, 0.3) is 0 Å². The summed E-state index contributed by atoms with van der Waals surface area (Å²) in [6, 6.07) is 14.8. The molecule has 25 heavy (non-hydrogen) atoms. The van der Waals surface area contributed by atoms with Gasteiger partial charge < -0.3 is 9.55 Å². The van der Waals surface area contributed by atoms with Crippen LogP contribution in [-0.2, 0) is 12.8 Å². The Labute approximate surface area is 151 Å². The molecule has 2 heterocycles. The zero-order valence-electron chi connectivity index (χ0n) is 14.6. The molecule has 2 aromatic heterocycles. The summed E-state index contributed by atoms with van der Waals surface area (Å²) >= 11 is 1.73. The largest absolute Gasteiger partial charge is 0.360 e. The Morgan fingerprint density at radius 3 is 2.80 bits per heavy atom. The van der Waals surface area contributed by atoms with Crippen molar-refractivity contribution in [3.05, 3.63) is 65.4 Å². The minimum Gasteiger partial charge on any atom is -0.360 e. The number of nitrogens with one attached hydrogen (secondary N) is 1. The summed E-state index contributed by atoms with van der Waals surface area (Å²) < 4.78 is 2.07. The fourth-order valence-electron chi connectivity index (χ4n) is 3.03. The molecule has 0 saturated heterocycles. The van der Waals surface area contributed by atoms with Gasteiger partial charge >= 0.3 is 0 Å². The number of aromatic amines is 1. The standard InChI is InChI=1S/C20H20N4S/c1-13-8-9-14(2)15(10-13)12-25-20-23-22-19(24(20)3)17-11-21-18-7-5-4-6-16(17)18/h4-11,21H,12H2,1-3H3. The number of aromatic nitrogens is 4. The number of hydrogen-bond acceptors (Lipinski definition) is 3. The van der Waals surface area contributed by atoms with E-state index in [2.05, 4.69) is 63.9 Å². The molecule has 0 atom stereocenters. The van der Waals surface area contributed by atoms with E-state index in [1.165, 1.54) is 22.1 Å². The predicted molar refractivity (Wildman–Crippen MR) is 104 cm³/mol. The van der Waals surface area contributed by atoms with E-state index >= 15 is 0 Å². The van der Waals surface area contributed by atoms with Crippen LogP contribution in [0.15, 0.2) is 53.8 Å². The maximum atomic E-state index is 4.43. The number of hydrogen-bond donors (Lipinski definition) is 1. The van der Waals surface area contributed by atoms with Gasteiger partial charge in [0.15, 0.2) is 11.0 Å². The zero-order valence-corrected chi connectivity index (χ0v) is 15.4. The summed E-state index contributed by atoms with van der Waals surface area (Å²) in [5.41, 5.74) is 6.16. The van der Waals surface area contributed by atoms with Crippen LogP contribution in [0.4, 0.5) is 0 Å². The number of nitrogens with zero attached hydrogens (tertiary/aromatic N) is 3. The minimum atomic E-state index is 0.890. The molecular formula is C20H20N4S. The molecule has 0 aliphatic heterocycles. The predicted octanol–water partition coefficient (Wildman–Crippen LogP) is 4.87. The number of thioether (sulfide) groups is 1. The molecule has 0 fully saturated rings. The van der Waals surface area contributed by atoms with Crippen LogP contribution in [0.2, 0.25) is 0 Å². The molecule has 4 nitrogen and oxygen atoms in total. The summed E-state index contributed by atoms with van der Waals surface area (Å²) in [4.78, 5) is 3.31. The smallest absolute Gasteiger partial charge is 0.191 e. The van der Waals surface area contributed by atoms with Crippen molar-refractivity contribution >= 4 is 22.7 Å². The lowest BCUT2D eigenvalue weighted by Gasteiger charge is -2.07. The molecule has 0 spiro atoms. The lowest BCUT2D eigenvalue weighted by atomic mass is 10.1. The van der Waals surface area contributed by atoms with Crippen LogP contribution in [0, 0.1) is 13.8 Å². The Morgan fingerprint density at radius 2 is 1.92 bits per heavy atom. The fraction of sp³-hybridized carbons (Fsp3) is 0.200. The summed E-state index contributed by atoms with van der Waals surface area (Å²) in [5.74, 6) is 1.79. The van der Waals surface area contributed by atoms with Crippen LogP contribution >= 0.6 is 11.8 Å². The van der Waals surface area contributed by atoms with Crippen molar-refractivity contribution in [2.45, 2.75) is 24.8 Å². The van der Waals surface area contributed by atoms with Crippen molar-refractivity contribution in [2.24, 2.45) is 7.05 Å². The van der Waals surface area contributed by atoms with Gasteiger partial charge in [-0.1, -0.05) is 53.7 Å². The van der Waals surface area contributed by atoms with Gasteiger partial charge in [0.2, 0.25) is 0 Å². The van der Waals surface area contributed by atoms with Gasteiger partial charge in [0, 0.05) is 35.5 Å². The highest BCUT2D eigenvalue weighted by molar-refractivity contribution is 7.98. The van der Waals surface area contributed by atoms with E-state index in [0.717, 1.165) is 27.8 Å². The lowest BCUT2D eigenvalue weighted by Crippen LogP contribution is -1.95. The summed E-state index contributed by atoms with van der Waals surface area (Å²) in [5, 5.41) is 10.9. The number of benzene rings is 2. The van der Waals surface area contributed by atoms with Crippen LogP contribution in [0.5, 0.6) is 0 Å². The molecule has 0 saturated carbocycles. The van der Waals surface area contributed by atoms with Crippen LogP contribution < -0.4 is 0 Å². The van der Waals surface area contributed by atoms with Crippen molar-refractivity contribution in [3.63, 3.8) is 0 Å². The zero-order chi connectivity index (χ0) is 17.4. The van der Waals surface area contributed by atoms with Crippen molar-refractivity contribution in [1.82, 2.24) is 19.7 Å². The quantitative estimate of drug-likeness (QED) is 0.535. The van der Waals surface area contributed by atoms with Crippen LogP contribution in [0.3, 0.4) is 0 Å². The highest BCUT2D eigenvalue weighted by Crippen LogP contribution is 2.30. The molecule has 5 heteroatoms. The van der Waals surface area contributed by atoms with E-state index in [1.54, 1.807) is 11.8 Å². The second-order valence-corrected chi connectivity index (χ2v) is 7.27. The highest BCUT2D eigenvalue weighted by Gasteiger charge is 2.15. The lowest BCUT2D eigenvalue weighted by molar-refractivity contribution is 0.794. The second kappa shape index (κ2) is 6.41. The number of para-hydroxylation sites is 1. The highest BCUT2D eigenvalue weighted by atomic mass is 32.2. The van der Waals surface area contributed by atoms with E-state index in [-0.39, 0.29) is 0 Å². The third-order valence-corrected chi connectivity index (χ3v) is 5.60. The number of aryl methyl sites for hydroxylation is 2. The second-order valence-electron chi connectivity index (χ2n) is 6.33. The molecule has 0 bridgehead atoms. The minimum absolute atomic E-state index is 0.890. The van der Waals surface area contributed by atoms with Gasteiger partial charge in [-0.05, 0) is 31.0 Å². The summed E-state index contributed by atoms with van der Waals surface area (Å²) in [6.45, 7) is 4.29. The average Bonchev–Trinajstić information content (AvgIpc) is 3.19. The van der Waals surface area contributed by atoms with Gasteiger partial charge in [0.1, 0.15) is 0 Å². The Bertz CT molecular complexity index is 1040. The first kappa shape index (κ1) is 16.0. The third kappa shape index (κ3) is 2.96. The topological polar surface area (TPSA) is 46.5 Å². The molecule has 0 radical (unpaired) electrons. The van der Waals surface area contributed by atoms with Gasteiger partial charge in [-0.25, -0.2) is 0 Å². The van der Waals surface area contributed by atoms with E-state index < -0.39 is 0 Å². The van der Waals surface area contributed by atoms with E-state index in [0.29, 0.717) is 0 Å². The van der Waals surface area contributed by atoms with Crippen LogP contribution in [-0.4, -0.2) is 19.7 Å². The molecule has 0 aliphatic rings. The maximum Gasteiger partial charge on any atom is 0.191 e. The van der Waals surface area contributed by atoms with Crippen molar-refractivity contribution < 1.29 is 0 Å². The van der Waals surface area contributed by atoms with Crippen molar-refractivity contribution in [1.29, 1.82) is 0 Å². The van der Waals surface area contributed by atoms with Gasteiger partial charge in [-0.2, -0.15) is 0 Å². The Hall–Kier alpha value is -2.53. The van der Waals surface area contributed by atoms with Crippen LogP contribution in [0.1, 0.15) is 16.7 Å². The molecule has 0 unspecified atom stereocenters. The first-order valence-electron chi connectivity index (χ1n) is 8.28. The Balaban J connectivity index is 1.62. The molecule has 4 rings (SSSR count). The SMILES string of the molecule is Cc1ccc(C)c(CSc2nnc(-c3c[nH]c4ccccc34)n2C)c1. The molecule has 1 N–H and O–H groups in total. The van der Waals surface area contributed by atoms with Gasteiger partial charge in [-0.15, -0.1) is 10.2 Å². The van der Waals surface area contributed by atoms with E-state index in [4.69, 9.17) is 0 Å². The third-order valence-electron chi connectivity index (χ3n) is 4.53. The summed E-state index contributed by atoms with van der Waals surface area (Å²) in [6.07, 6.45) is 2.01. The first-order chi connectivity index (χ1) is 12.1. The summed E-state index contributed by atoms with van der Waals surface area (Å²) in [7, 11) is 2.03. The molecule has 0 amide bonds. The number of H-pyrrole nitrogens is 1. The van der Waals surface area contributed by atoms with E-state index in [9.17, 15) is 0 Å². The normalized spacial score (nSPS) is 11.3. The molecule has 2 aromatic carbocycles. The van der Waals surface area contributed by atoms with Gasteiger partial charge in [0.05, 0.1) is 0 Å². The Kier molecular flexibility index (Phi) is 4.09. The molecule has 4 aromatic rings. The monoisotopic (exact) mass is 348 g/mol. The fourth-order valence-corrected chi connectivity index (χ4v) is 4.00. The molecular weight excluding hydrogens is 328 g/mol. The maximum absolute atomic E-state index is 4.43. The molecule has 126 valence electrons. The van der Waals surface area contributed by atoms with Crippen LogP contribution in [0.25, 0.3) is 22.3 Å².